The molecule has 0 aromatic heterocycles. The fourth-order valence-electron chi connectivity index (χ4n) is 2.41. The van der Waals surface area contributed by atoms with Gasteiger partial charge >= 0.3 is 5.97 Å². The number of likely N-dealkylation sites (tertiary alicyclic amines) is 1. The quantitative estimate of drug-likeness (QED) is 0.857. The summed E-state index contributed by atoms with van der Waals surface area (Å²) in [6.45, 7) is 3.46. The Morgan fingerprint density at radius 3 is 2.75 bits per heavy atom. The maximum absolute atomic E-state index is 13.6. The Hall–Kier alpha value is -1.66. The van der Waals surface area contributed by atoms with Crippen molar-refractivity contribution in [2.24, 2.45) is 0 Å². The topological polar surface area (TPSA) is 59.0 Å². The summed E-state index contributed by atoms with van der Waals surface area (Å²) in [5.41, 5.74) is 0.423. The normalized spacial score (nSPS) is 17.6. The Kier molecular flexibility index (Phi) is 4.25. The zero-order valence-corrected chi connectivity index (χ0v) is 11.6. The van der Waals surface area contributed by atoms with Crippen LogP contribution in [0.25, 0.3) is 0 Å². The average Bonchev–Trinajstić information content (AvgIpc) is 2.35. The fraction of sp³-hybridized carbons (Fsp3) is 0.500. The largest absolute Gasteiger partial charge is 0.494 e. The van der Waals surface area contributed by atoms with Gasteiger partial charge in [0.25, 0.3) is 0 Å². The van der Waals surface area contributed by atoms with Crippen LogP contribution in [-0.2, 0) is 16.1 Å². The van der Waals surface area contributed by atoms with Gasteiger partial charge in [0.15, 0.2) is 11.6 Å². The summed E-state index contributed by atoms with van der Waals surface area (Å²) in [5.74, 6) is -1.12. The van der Waals surface area contributed by atoms with Crippen LogP contribution >= 0.6 is 0 Å². The third kappa shape index (κ3) is 3.46. The number of carboxylic acid groups (broad SMARTS) is 1. The minimum absolute atomic E-state index is 0.229. The van der Waals surface area contributed by atoms with Crippen LogP contribution in [0.15, 0.2) is 18.2 Å². The molecule has 1 N–H and O–H groups in total. The van der Waals surface area contributed by atoms with Crippen molar-refractivity contribution in [3.8, 4) is 5.75 Å². The Labute approximate surface area is 116 Å². The summed E-state index contributed by atoms with van der Waals surface area (Å²) in [7, 11) is 1.43. The number of hydrogen-bond donors (Lipinski definition) is 1. The first-order valence-corrected chi connectivity index (χ1v) is 6.32. The van der Waals surface area contributed by atoms with Gasteiger partial charge in [-0.2, -0.15) is 0 Å². The van der Waals surface area contributed by atoms with Gasteiger partial charge in [-0.05, 0) is 24.6 Å². The molecule has 6 heteroatoms. The molecule has 0 saturated carbocycles. The molecule has 0 radical (unpaired) electrons. The molecule has 1 aliphatic heterocycles. The first-order valence-electron chi connectivity index (χ1n) is 6.32. The second-order valence-electron chi connectivity index (χ2n) is 5.25. The van der Waals surface area contributed by atoms with E-state index >= 15 is 0 Å². The molecule has 1 heterocycles. The van der Waals surface area contributed by atoms with Crippen molar-refractivity contribution >= 4 is 5.97 Å². The number of rotatable bonds is 6. The van der Waals surface area contributed by atoms with Crippen molar-refractivity contribution in [3.63, 3.8) is 0 Å². The van der Waals surface area contributed by atoms with Gasteiger partial charge in [0.1, 0.15) is 6.61 Å². The van der Waals surface area contributed by atoms with Crippen LogP contribution in [0.4, 0.5) is 4.39 Å². The van der Waals surface area contributed by atoms with Gasteiger partial charge in [-0.1, -0.05) is 6.07 Å². The molecule has 1 aromatic rings. The third-order valence-corrected chi connectivity index (χ3v) is 3.28. The summed E-state index contributed by atoms with van der Waals surface area (Å²) in [5, 5.41) is 8.59. The van der Waals surface area contributed by atoms with Gasteiger partial charge in [-0.25, -0.2) is 9.18 Å². The van der Waals surface area contributed by atoms with E-state index in [2.05, 4.69) is 4.90 Å². The number of methoxy groups -OCH3 is 1. The molecule has 20 heavy (non-hydrogen) atoms. The highest BCUT2D eigenvalue weighted by Gasteiger charge is 2.39. The van der Waals surface area contributed by atoms with Gasteiger partial charge in [-0.15, -0.1) is 0 Å². The highest BCUT2D eigenvalue weighted by Crippen LogP contribution is 2.27. The lowest BCUT2D eigenvalue weighted by atomic mass is 9.95. The van der Waals surface area contributed by atoms with Crippen LogP contribution in [0.5, 0.6) is 5.75 Å². The first kappa shape index (κ1) is 14.7. The van der Waals surface area contributed by atoms with Gasteiger partial charge < -0.3 is 14.6 Å². The lowest BCUT2D eigenvalue weighted by Gasteiger charge is -2.47. The van der Waals surface area contributed by atoms with Crippen molar-refractivity contribution < 1.29 is 23.8 Å². The summed E-state index contributed by atoms with van der Waals surface area (Å²) in [6, 6.07) is 4.87. The van der Waals surface area contributed by atoms with Crippen LogP contribution in [0.2, 0.25) is 0 Å². The maximum atomic E-state index is 13.6. The van der Waals surface area contributed by atoms with Crippen LogP contribution in [-0.4, -0.2) is 48.4 Å². The monoisotopic (exact) mass is 283 g/mol. The van der Waals surface area contributed by atoms with Crippen LogP contribution in [0.1, 0.15) is 12.5 Å². The second-order valence-corrected chi connectivity index (χ2v) is 5.25. The van der Waals surface area contributed by atoms with E-state index in [1.54, 1.807) is 6.07 Å². The highest BCUT2D eigenvalue weighted by molar-refractivity contribution is 5.68. The van der Waals surface area contributed by atoms with E-state index in [4.69, 9.17) is 14.6 Å². The van der Waals surface area contributed by atoms with Crippen molar-refractivity contribution in [2.45, 2.75) is 19.1 Å². The molecule has 5 nitrogen and oxygen atoms in total. The fourth-order valence-corrected chi connectivity index (χ4v) is 2.41. The predicted molar refractivity (Wildman–Crippen MR) is 70.2 cm³/mol. The Bertz CT molecular complexity index is 500. The zero-order valence-electron chi connectivity index (χ0n) is 11.6. The average molecular weight is 283 g/mol. The molecule has 0 atom stereocenters. The molecule has 0 amide bonds. The zero-order chi connectivity index (χ0) is 14.8. The van der Waals surface area contributed by atoms with Crippen LogP contribution in [0, 0.1) is 5.82 Å². The second kappa shape index (κ2) is 5.76. The standard InChI is InChI=1S/C14H18FNO4/c1-14(20-7-13(17)18)8-16(9-14)6-10-3-4-12(19-2)11(15)5-10/h3-5H,6-9H2,1-2H3,(H,17,18). The maximum Gasteiger partial charge on any atom is 0.329 e. The molecular formula is C14H18FNO4. The number of benzene rings is 1. The molecular weight excluding hydrogens is 265 g/mol. The molecule has 1 fully saturated rings. The van der Waals surface area contributed by atoms with E-state index in [0.717, 1.165) is 5.56 Å². The molecule has 1 saturated heterocycles. The summed E-state index contributed by atoms with van der Waals surface area (Å²) < 4.78 is 23.7. The van der Waals surface area contributed by atoms with Gasteiger partial charge in [0.2, 0.25) is 0 Å². The number of hydrogen-bond acceptors (Lipinski definition) is 4. The van der Waals surface area contributed by atoms with Crippen LogP contribution in [0.3, 0.4) is 0 Å². The smallest absolute Gasteiger partial charge is 0.329 e. The van der Waals surface area contributed by atoms with Crippen molar-refractivity contribution in [1.29, 1.82) is 0 Å². The third-order valence-electron chi connectivity index (χ3n) is 3.28. The molecule has 0 unspecified atom stereocenters. The molecule has 2 rings (SSSR count). The molecule has 110 valence electrons. The number of ether oxygens (including phenoxy) is 2. The van der Waals surface area contributed by atoms with Gasteiger partial charge in [0, 0.05) is 19.6 Å². The Morgan fingerprint density at radius 1 is 1.50 bits per heavy atom. The summed E-state index contributed by atoms with van der Waals surface area (Å²) in [4.78, 5) is 12.5. The highest BCUT2D eigenvalue weighted by atomic mass is 19.1. The van der Waals surface area contributed by atoms with E-state index in [1.165, 1.54) is 13.2 Å². The number of halogens is 1. The van der Waals surface area contributed by atoms with E-state index in [1.807, 2.05) is 13.0 Å². The van der Waals surface area contributed by atoms with Gasteiger partial charge in [0.05, 0.1) is 12.7 Å². The van der Waals surface area contributed by atoms with E-state index in [-0.39, 0.29) is 18.2 Å². The minimum Gasteiger partial charge on any atom is -0.494 e. The molecule has 1 aromatic carbocycles. The number of nitrogens with zero attached hydrogens (tertiary/aromatic N) is 1. The predicted octanol–water partition coefficient (Wildman–Crippen LogP) is 1.51. The Morgan fingerprint density at radius 2 is 2.20 bits per heavy atom. The summed E-state index contributed by atoms with van der Waals surface area (Å²) in [6.07, 6.45) is 0. The lowest BCUT2D eigenvalue weighted by Crippen LogP contribution is -2.61. The summed E-state index contributed by atoms with van der Waals surface area (Å²) >= 11 is 0. The Balaban J connectivity index is 1.85. The number of carboxylic acids is 1. The lowest BCUT2D eigenvalue weighted by molar-refractivity contribution is -0.165. The van der Waals surface area contributed by atoms with Crippen molar-refractivity contribution in [1.82, 2.24) is 4.90 Å². The SMILES string of the molecule is COc1ccc(CN2CC(C)(OCC(=O)O)C2)cc1F. The van der Waals surface area contributed by atoms with E-state index in [0.29, 0.717) is 19.6 Å². The molecule has 0 spiro atoms. The number of aliphatic carboxylic acids is 1. The van der Waals surface area contributed by atoms with Crippen LogP contribution < -0.4 is 4.74 Å². The van der Waals surface area contributed by atoms with Crippen molar-refractivity contribution in [2.75, 3.05) is 26.8 Å². The molecule has 0 aliphatic carbocycles. The first-order chi connectivity index (χ1) is 9.42. The molecule has 0 bridgehead atoms. The number of carbonyl (C=O) groups is 1. The van der Waals surface area contributed by atoms with Gasteiger partial charge in [-0.3, -0.25) is 4.90 Å². The van der Waals surface area contributed by atoms with E-state index in [9.17, 15) is 9.18 Å². The van der Waals surface area contributed by atoms with E-state index < -0.39 is 11.6 Å². The molecule has 1 aliphatic rings. The van der Waals surface area contributed by atoms with Crippen molar-refractivity contribution in [3.05, 3.63) is 29.6 Å². The minimum atomic E-state index is -0.970.